The predicted octanol–water partition coefficient (Wildman–Crippen LogP) is 3.97. The maximum Gasteiger partial charge on any atom is 0.243 e. The van der Waals surface area contributed by atoms with E-state index in [9.17, 15) is 13.2 Å². The average molecular weight is 369 g/mol. The first-order chi connectivity index (χ1) is 11.5. The standard InChI is InChI=1S/C19H32N2O3S/c1-14(2)11-19(22)20-17-7-9-18(10-8-17)25(23,24)21(12-15(3)4)13-16(5)6/h7-10,14-16H,11-13H2,1-6H3,(H,20,22). The molecule has 1 amide bonds. The van der Waals surface area contributed by atoms with Crippen molar-refractivity contribution in [3.05, 3.63) is 24.3 Å². The molecule has 0 aliphatic carbocycles. The second-order valence-corrected chi connectivity index (χ2v) is 9.72. The highest BCUT2D eigenvalue weighted by molar-refractivity contribution is 7.89. The molecule has 0 bridgehead atoms. The third-order valence-corrected chi connectivity index (χ3v) is 5.35. The molecule has 0 spiro atoms. The summed E-state index contributed by atoms with van der Waals surface area (Å²) in [5.74, 6) is 0.721. The van der Waals surface area contributed by atoms with Crippen LogP contribution in [0.15, 0.2) is 29.2 Å². The number of hydrogen-bond donors (Lipinski definition) is 1. The highest BCUT2D eigenvalue weighted by Gasteiger charge is 2.25. The quantitative estimate of drug-likeness (QED) is 0.717. The summed E-state index contributed by atoms with van der Waals surface area (Å²) in [4.78, 5) is 12.1. The molecule has 25 heavy (non-hydrogen) atoms. The van der Waals surface area contributed by atoms with Crippen LogP contribution in [0.25, 0.3) is 0 Å². The number of rotatable bonds is 9. The summed E-state index contributed by atoms with van der Waals surface area (Å²) in [5.41, 5.74) is 0.615. The van der Waals surface area contributed by atoms with Gasteiger partial charge in [0.05, 0.1) is 4.90 Å². The van der Waals surface area contributed by atoms with Crippen molar-refractivity contribution in [2.45, 2.75) is 52.9 Å². The molecule has 0 heterocycles. The highest BCUT2D eigenvalue weighted by Crippen LogP contribution is 2.21. The van der Waals surface area contributed by atoms with E-state index in [4.69, 9.17) is 0 Å². The Balaban J connectivity index is 2.95. The molecule has 142 valence electrons. The molecular weight excluding hydrogens is 336 g/mol. The van der Waals surface area contributed by atoms with Crippen molar-refractivity contribution in [2.75, 3.05) is 18.4 Å². The summed E-state index contributed by atoms with van der Waals surface area (Å²) in [6, 6.07) is 6.42. The van der Waals surface area contributed by atoms with Gasteiger partial charge in [-0.15, -0.1) is 0 Å². The van der Waals surface area contributed by atoms with Gasteiger partial charge in [-0.1, -0.05) is 41.5 Å². The molecule has 0 unspecified atom stereocenters. The van der Waals surface area contributed by atoms with Gasteiger partial charge >= 0.3 is 0 Å². The van der Waals surface area contributed by atoms with E-state index in [1.165, 1.54) is 0 Å². The third-order valence-electron chi connectivity index (χ3n) is 3.51. The summed E-state index contributed by atoms with van der Waals surface area (Å²) < 4.78 is 27.4. The number of benzene rings is 1. The van der Waals surface area contributed by atoms with E-state index in [0.29, 0.717) is 25.2 Å². The third kappa shape index (κ3) is 7.16. The van der Waals surface area contributed by atoms with E-state index in [0.717, 1.165) is 0 Å². The molecule has 0 saturated carbocycles. The second kappa shape index (κ2) is 9.34. The van der Waals surface area contributed by atoms with E-state index in [1.807, 2.05) is 41.5 Å². The SMILES string of the molecule is CC(C)CC(=O)Nc1ccc(S(=O)(=O)N(CC(C)C)CC(C)C)cc1. The molecule has 0 saturated heterocycles. The number of hydrogen-bond acceptors (Lipinski definition) is 3. The maximum absolute atomic E-state index is 12.9. The minimum Gasteiger partial charge on any atom is -0.326 e. The van der Waals surface area contributed by atoms with E-state index >= 15 is 0 Å². The zero-order valence-electron chi connectivity index (χ0n) is 16.2. The van der Waals surface area contributed by atoms with Gasteiger partial charge in [0, 0.05) is 25.2 Å². The normalized spacial score (nSPS) is 12.4. The van der Waals surface area contributed by atoms with Crippen LogP contribution in [0.5, 0.6) is 0 Å². The van der Waals surface area contributed by atoms with Crippen LogP contribution in [-0.2, 0) is 14.8 Å². The summed E-state index contributed by atoms with van der Waals surface area (Å²) in [6.45, 7) is 13.0. The molecule has 1 aromatic rings. The molecule has 5 nitrogen and oxygen atoms in total. The van der Waals surface area contributed by atoms with Crippen LogP contribution < -0.4 is 5.32 Å². The van der Waals surface area contributed by atoms with Crippen molar-refractivity contribution in [2.24, 2.45) is 17.8 Å². The summed E-state index contributed by atoms with van der Waals surface area (Å²) in [7, 11) is -3.53. The summed E-state index contributed by atoms with van der Waals surface area (Å²) >= 11 is 0. The van der Waals surface area contributed by atoms with Crippen molar-refractivity contribution < 1.29 is 13.2 Å². The van der Waals surface area contributed by atoms with Gasteiger partial charge in [0.1, 0.15) is 0 Å². The number of amides is 1. The van der Waals surface area contributed by atoms with Gasteiger partial charge in [-0.25, -0.2) is 8.42 Å². The Morgan fingerprint density at radius 2 is 1.40 bits per heavy atom. The number of carbonyl (C=O) groups is 1. The van der Waals surface area contributed by atoms with Crippen LogP contribution in [0.1, 0.15) is 48.0 Å². The highest BCUT2D eigenvalue weighted by atomic mass is 32.2. The Morgan fingerprint density at radius 3 is 1.80 bits per heavy atom. The van der Waals surface area contributed by atoms with Crippen molar-refractivity contribution >= 4 is 21.6 Å². The lowest BCUT2D eigenvalue weighted by molar-refractivity contribution is -0.116. The zero-order chi connectivity index (χ0) is 19.2. The van der Waals surface area contributed by atoms with E-state index in [2.05, 4.69) is 5.32 Å². The predicted molar refractivity (Wildman–Crippen MR) is 103 cm³/mol. The lowest BCUT2D eigenvalue weighted by atomic mass is 10.1. The Hall–Kier alpha value is -1.40. The van der Waals surface area contributed by atoms with Crippen molar-refractivity contribution in [3.63, 3.8) is 0 Å². The number of sulfonamides is 1. The average Bonchev–Trinajstić information content (AvgIpc) is 2.45. The van der Waals surface area contributed by atoms with Crippen molar-refractivity contribution in [1.82, 2.24) is 4.31 Å². The van der Waals surface area contributed by atoms with E-state index in [1.54, 1.807) is 28.6 Å². The molecule has 1 N–H and O–H groups in total. The summed E-state index contributed by atoms with van der Waals surface area (Å²) in [5, 5.41) is 2.80. The van der Waals surface area contributed by atoms with Crippen LogP contribution in [0.2, 0.25) is 0 Å². The fourth-order valence-electron chi connectivity index (χ4n) is 2.53. The molecule has 0 atom stereocenters. The Kier molecular flexibility index (Phi) is 8.09. The lowest BCUT2D eigenvalue weighted by Gasteiger charge is -2.25. The smallest absolute Gasteiger partial charge is 0.243 e. The van der Waals surface area contributed by atoms with Gasteiger partial charge in [-0.05, 0) is 42.0 Å². The van der Waals surface area contributed by atoms with E-state index in [-0.39, 0.29) is 28.6 Å². The Morgan fingerprint density at radius 1 is 0.920 bits per heavy atom. The molecule has 0 aromatic heterocycles. The van der Waals surface area contributed by atoms with Gasteiger partial charge < -0.3 is 5.32 Å². The van der Waals surface area contributed by atoms with Gasteiger partial charge in [0.25, 0.3) is 0 Å². The number of nitrogens with one attached hydrogen (secondary N) is 1. The molecule has 0 radical (unpaired) electrons. The first-order valence-corrected chi connectivity index (χ1v) is 10.4. The largest absolute Gasteiger partial charge is 0.326 e. The van der Waals surface area contributed by atoms with Crippen LogP contribution in [0.4, 0.5) is 5.69 Å². The zero-order valence-corrected chi connectivity index (χ0v) is 17.1. The van der Waals surface area contributed by atoms with Gasteiger partial charge in [-0.3, -0.25) is 4.79 Å². The van der Waals surface area contributed by atoms with Crippen LogP contribution in [0.3, 0.4) is 0 Å². The molecule has 1 aromatic carbocycles. The van der Waals surface area contributed by atoms with Gasteiger partial charge in [0.15, 0.2) is 0 Å². The number of carbonyl (C=O) groups excluding carboxylic acids is 1. The topological polar surface area (TPSA) is 66.5 Å². The van der Waals surface area contributed by atoms with E-state index < -0.39 is 10.0 Å². The van der Waals surface area contributed by atoms with Gasteiger partial charge in [0.2, 0.25) is 15.9 Å². The van der Waals surface area contributed by atoms with Crippen molar-refractivity contribution in [3.8, 4) is 0 Å². The second-order valence-electron chi connectivity index (χ2n) is 7.78. The first-order valence-electron chi connectivity index (χ1n) is 8.92. The van der Waals surface area contributed by atoms with Crippen molar-refractivity contribution in [1.29, 1.82) is 0 Å². The van der Waals surface area contributed by atoms with Gasteiger partial charge in [-0.2, -0.15) is 4.31 Å². The summed E-state index contributed by atoms with van der Waals surface area (Å²) in [6.07, 6.45) is 0.441. The number of anilines is 1. The minimum absolute atomic E-state index is 0.0631. The molecule has 6 heteroatoms. The van der Waals surface area contributed by atoms with Crippen LogP contribution in [0, 0.1) is 17.8 Å². The monoisotopic (exact) mass is 368 g/mol. The Labute approximate surface area is 152 Å². The van der Waals surface area contributed by atoms with Crippen LogP contribution in [-0.4, -0.2) is 31.7 Å². The Bertz CT molecular complexity index is 640. The minimum atomic E-state index is -3.53. The fraction of sp³-hybridized carbons (Fsp3) is 0.632. The van der Waals surface area contributed by atoms with Crippen LogP contribution >= 0.6 is 0 Å². The fourth-order valence-corrected chi connectivity index (χ4v) is 4.29. The molecule has 0 fully saturated rings. The molecular formula is C19H32N2O3S. The molecule has 0 aliphatic heterocycles. The molecule has 1 rings (SSSR count). The first kappa shape index (κ1) is 21.6. The maximum atomic E-state index is 12.9. The molecule has 0 aliphatic rings. The lowest BCUT2D eigenvalue weighted by Crippen LogP contribution is -2.37. The number of nitrogens with zero attached hydrogens (tertiary/aromatic N) is 1.